The Hall–Kier alpha value is -2.15. The minimum absolute atomic E-state index is 0.117. The Morgan fingerprint density at radius 1 is 1.37 bits per heavy atom. The Balaban J connectivity index is 1.98. The summed E-state index contributed by atoms with van der Waals surface area (Å²) in [7, 11) is 0. The maximum atomic E-state index is 11.8. The van der Waals surface area contributed by atoms with Gasteiger partial charge in [0.2, 0.25) is 5.76 Å². The lowest BCUT2D eigenvalue weighted by Crippen LogP contribution is -2.22. The van der Waals surface area contributed by atoms with Gasteiger partial charge in [0.05, 0.1) is 6.54 Å². The zero-order chi connectivity index (χ0) is 13.8. The van der Waals surface area contributed by atoms with Crippen LogP contribution in [-0.2, 0) is 6.54 Å². The van der Waals surface area contributed by atoms with E-state index in [0.717, 1.165) is 0 Å². The summed E-state index contributed by atoms with van der Waals surface area (Å²) in [6, 6.07) is 6.00. The second kappa shape index (κ2) is 5.66. The summed E-state index contributed by atoms with van der Waals surface area (Å²) in [5, 5.41) is 11.3. The lowest BCUT2D eigenvalue weighted by atomic mass is 10.2. The van der Waals surface area contributed by atoms with E-state index in [-0.39, 0.29) is 18.2 Å². The molecule has 2 aromatic heterocycles. The van der Waals surface area contributed by atoms with E-state index in [1.165, 1.54) is 18.3 Å². The van der Waals surface area contributed by atoms with Gasteiger partial charge in [0.25, 0.3) is 5.91 Å². The number of nitrogens with one attached hydrogen (secondary N) is 1. The van der Waals surface area contributed by atoms with E-state index < -0.39 is 5.97 Å². The van der Waals surface area contributed by atoms with Gasteiger partial charge >= 0.3 is 5.97 Å². The standard InChI is InChI=1S/C12H9BrN2O4/c13-10-5-7(3-4-14-10)11(16)15-6-8-1-2-9(19-8)12(17)18/h1-5H,6H2,(H,15,16)(H,17,18). The number of aromatic carboxylic acids is 1. The van der Waals surface area contributed by atoms with Crippen LogP contribution in [0.2, 0.25) is 0 Å². The third-order valence-corrected chi connectivity index (χ3v) is 2.72. The van der Waals surface area contributed by atoms with Crippen LogP contribution in [0, 0.1) is 0 Å². The fraction of sp³-hybridized carbons (Fsp3) is 0.0833. The van der Waals surface area contributed by atoms with Gasteiger partial charge in [0, 0.05) is 11.8 Å². The summed E-state index contributed by atoms with van der Waals surface area (Å²) in [6.07, 6.45) is 1.51. The highest BCUT2D eigenvalue weighted by Crippen LogP contribution is 2.10. The quantitative estimate of drug-likeness (QED) is 0.840. The molecule has 0 aromatic carbocycles. The first-order valence-electron chi connectivity index (χ1n) is 5.28. The van der Waals surface area contributed by atoms with Crippen molar-refractivity contribution in [2.24, 2.45) is 0 Å². The number of pyridine rings is 1. The number of furan rings is 1. The summed E-state index contributed by atoms with van der Waals surface area (Å²) in [5.74, 6) is -1.22. The predicted molar refractivity (Wildman–Crippen MR) is 68.8 cm³/mol. The zero-order valence-corrected chi connectivity index (χ0v) is 11.2. The van der Waals surface area contributed by atoms with E-state index in [1.54, 1.807) is 12.1 Å². The molecule has 0 saturated carbocycles. The first kappa shape index (κ1) is 13.3. The van der Waals surface area contributed by atoms with Gasteiger partial charge in [0.1, 0.15) is 10.4 Å². The number of amides is 1. The van der Waals surface area contributed by atoms with E-state index in [9.17, 15) is 9.59 Å². The zero-order valence-electron chi connectivity index (χ0n) is 9.59. The molecule has 7 heteroatoms. The summed E-state index contributed by atoms with van der Waals surface area (Å²) >= 11 is 3.17. The van der Waals surface area contributed by atoms with Crippen LogP contribution in [-0.4, -0.2) is 22.0 Å². The van der Waals surface area contributed by atoms with Crippen molar-refractivity contribution in [1.82, 2.24) is 10.3 Å². The number of halogens is 1. The van der Waals surface area contributed by atoms with Crippen LogP contribution in [0.1, 0.15) is 26.7 Å². The van der Waals surface area contributed by atoms with Crippen LogP contribution < -0.4 is 5.32 Å². The summed E-state index contributed by atoms with van der Waals surface area (Å²) in [5.41, 5.74) is 0.451. The highest BCUT2D eigenvalue weighted by atomic mass is 79.9. The highest BCUT2D eigenvalue weighted by molar-refractivity contribution is 9.10. The van der Waals surface area contributed by atoms with Crippen molar-refractivity contribution in [3.8, 4) is 0 Å². The summed E-state index contributed by atoms with van der Waals surface area (Å²) in [6.45, 7) is 0.117. The molecule has 0 radical (unpaired) electrons. The second-order valence-corrected chi connectivity index (χ2v) is 4.43. The first-order chi connectivity index (χ1) is 9.06. The molecule has 0 fully saturated rings. The number of nitrogens with zero attached hydrogens (tertiary/aromatic N) is 1. The minimum atomic E-state index is -1.14. The van der Waals surface area contributed by atoms with E-state index in [4.69, 9.17) is 9.52 Å². The number of carboxylic acid groups (broad SMARTS) is 1. The Morgan fingerprint density at radius 2 is 2.16 bits per heavy atom. The molecule has 6 nitrogen and oxygen atoms in total. The molecule has 0 saturated heterocycles. The molecule has 0 aliphatic heterocycles. The summed E-state index contributed by atoms with van der Waals surface area (Å²) in [4.78, 5) is 26.3. The first-order valence-corrected chi connectivity index (χ1v) is 6.07. The lowest BCUT2D eigenvalue weighted by molar-refractivity contribution is 0.0660. The van der Waals surface area contributed by atoms with Crippen molar-refractivity contribution in [3.63, 3.8) is 0 Å². The maximum Gasteiger partial charge on any atom is 0.371 e. The minimum Gasteiger partial charge on any atom is -0.475 e. The molecule has 2 N–H and O–H groups in total. The Morgan fingerprint density at radius 3 is 2.79 bits per heavy atom. The molecule has 0 bridgehead atoms. The molecular weight excluding hydrogens is 316 g/mol. The van der Waals surface area contributed by atoms with Crippen LogP contribution in [0.4, 0.5) is 0 Å². The van der Waals surface area contributed by atoms with Gasteiger partial charge in [-0.15, -0.1) is 0 Å². The number of hydrogen-bond acceptors (Lipinski definition) is 4. The van der Waals surface area contributed by atoms with E-state index in [0.29, 0.717) is 15.9 Å². The molecule has 0 spiro atoms. The third kappa shape index (κ3) is 3.41. The van der Waals surface area contributed by atoms with Crippen LogP contribution >= 0.6 is 15.9 Å². The van der Waals surface area contributed by atoms with Crippen LogP contribution in [0.3, 0.4) is 0 Å². The van der Waals surface area contributed by atoms with Gasteiger partial charge in [-0.25, -0.2) is 9.78 Å². The van der Waals surface area contributed by atoms with Crippen molar-refractivity contribution in [2.75, 3.05) is 0 Å². The molecule has 0 aliphatic rings. The topological polar surface area (TPSA) is 92.4 Å². The number of aromatic nitrogens is 1. The normalized spacial score (nSPS) is 10.2. The third-order valence-electron chi connectivity index (χ3n) is 2.28. The number of carbonyl (C=O) groups is 2. The average Bonchev–Trinajstić information content (AvgIpc) is 2.85. The molecule has 0 aliphatic carbocycles. The SMILES string of the molecule is O=C(NCc1ccc(C(=O)O)o1)c1ccnc(Br)c1. The van der Waals surface area contributed by atoms with Crippen molar-refractivity contribution >= 4 is 27.8 Å². The largest absolute Gasteiger partial charge is 0.475 e. The van der Waals surface area contributed by atoms with E-state index in [1.807, 2.05) is 0 Å². The number of hydrogen-bond donors (Lipinski definition) is 2. The molecule has 0 unspecified atom stereocenters. The van der Waals surface area contributed by atoms with Crippen LogP contribution in [0.5, 0.6) is 0 Å². The summed E-state index contributed by atoms with van der Waals surface area (Å²) < 4.78 is 5.58. The molecule has 98 valence electrons. The van der Waals surface area contributed by atoms with Crippen LogP contribution in [0.25, 0.3) is 0 Å². The Bertz CT molecular complexity index is 624. The fourth-order valence-electron chi connectivity index (χ4n) is 1.40. The van der Waals surface area contributed by atoms with Gasteiger partial charge in [0.15, 0.2) is 0 Å². The predicted octanol–water partition coefficient (Wildman–Crippen LogP) is 2.07. The molecule has 2 heterocycles. The lowest BCUT2D eigenvalue weighted by Gasteiger charge is -2.03. The van der Waals surface area contributed by atoms with E-state index >= 15 is 0 Å². The second-order valence-electron chi connectivity index (χ2n) is 3.62. The van der Waals surface area contributed by atoms with Gasteiger partial charge in [-0.1, -0.05) is 0 Å². The van der Waals surface area contributed by atoms with Crippen LogP contribution in [0.15, 0.2) is 39.5 Å². The van der Waals surface area contributed by atoms with Crippen molar-refractivity contribution in [2.45, 2.75) is 6.54 Å². The molecule has 2 rings (SSSR count). The van der Waals surface area contributed by atoms with Crippen molar-refractivity contribution in [1.29, 1.82) is 0 Å². The monoisotopic (exact) mass is 324 g/mol. The number of carboxylic acids is 1. The molecule has 2 aromatic rings. The van der Waals surface area contributed by atoms with Gasteiger partial charge in [-0.05, 0) is 40.2 Å². The number of carbonyl (C=O) groups excluding carboxylic acids is 1. The Labute approximate surface area is 116 Å². The van der Waals surface area contributed by atoms with Crippen molar-refractivity contribution in [3.05, 3.63) is 52.1 Å². The van der Waals surface area contributed by atoms with Gasteiger partial charge in [-0.3, -0.25) is 4.79 Å². The fourth-order valence-corrected chi connectivity index (χ4v) is 1.77. The maximum absolute atomic E-state index is 11.8. The van der Waals surface area contributed by atoms with Gasteiger partial charge in [-0.2, -0.15) is 0 Å². The van der Waals surface area contributed by atoms with E-state index in [2.05, 4.69) is 26.2 Å². The molecule has 0 atom stereocenters. The smallest absolute Gasteiger partial charge is 0.371 e. The molecular formula is C12H9BrN2O4. The molecule has 19 heavy (non-hydrogen) atoms. The highest BCUT2D eigenvalue weighted by Gasteiger charge is 2.10. The molecule has 1 amide bonds. The average molecular weight is 325 g/mol. The number of rotatable bonds is 4. The Kier molecular flexibility index (Phi) is 3.96. The van der Waals surface area contributed by atoms with Gasteiger partial charge < -0.3 is 14.8 Å². The van der Waals surface area contributed by atoms with Crippen molar-refractivity contribution < 1.29 is 19.1 Å².